The molecule has 0 saturated heterocycles. The fraction of sp³-hybridized carbons (Fsp3) is 0.0455. The molecule has 0 fully saturated rings. The third kappa shape index (κ3) is 6.02. The van der Waals surface area contributed by atoms with Crippen LogP contribution in [-0.2, 0) is 4.84 Å². The second-order valence-corrected chi connectivity index (χ2v) is 12.2. The summed E-state index contributed by atoms with van der Waals surface area (Å²) in [6, 6.07) is 37.1. The molecule has 7 nitrogen and oxygen atoms in total. The van der Waals surface area contributed by atoms with Gasteiger partial charge in [0.2, 0.25) is 0 Å². The molecule has 250 valence electrons. The monoisotopic (exact) mass is 667 g/mol. The van der Waals surface area contributed by atoms with Crippen molar-refractivity contribution in [2.45, 2.75) is 13.8 Å². The zero-order valence-electron chi connectivity index (χ0n) is 28.4. The highest BCUT2D eigenvalue weighted by Crippen LogP contribution is 2.49. The number of hydrogen-bond donors (Lipinski definition) is 3. The van der Waals surface area contributed by atoms with Gasteiger partial charge in [0, 0.05) is 29.7 Å². The van der Waals surface area contributed by atoms with E-state index in [2.05, 4.69) is 138 Å². The van der Waals surface area contributed by atoms with Crippen molar-refractivity contribution >= 4 is 55.4 Å². The molecule has 0 unspecified atom stereocenters. The number of allylic oxidation sites excluding steroid dienone is 3. The molecule has 0 radical (unpaired) electrons. The highest BCUT2D eigenvalue weighted by molar-refractivity contribution is 6.29. The Morgan fingerprint density at radius 3 is 1.69 bits per heavy atom. The van der Waals surface area contributed by atoms with E-state index in [9.17, 15) is 0 Å². The van der Waals surface area contributed by atoms with Crippen LogP contribution >= 0.6 is 0 Å². The molecular weight excluding hydrogens is 631 g/mol. The number of aliphatic imine (C=N–C) groups is 1. The summed E-state index contributed by atoms with van der Waals surface area (Å²) >= 11 is 0. The molecule has 7 aromatic rings. The number of fused-ring (bicyclic) bond motifs is 4. The molecule has 51 heavy (non-hydrogen) atoms. The zero-order valence-corrected chi connectivity index (χ0v) is 28.4. The third-order valence-electron chi connectivity index (χ3n) is 9.03. The first-order chi connectivity index (χ1) is 25.0. The second-order valence-electron chi connectivity index (χ2n) is 12.2. The summed E-state index contributed by atoms with van der Waals surface area (Å²) < 4.78 is 0. The van der Waals surface area contributed by atoms with Gasteiger partial charge in [-0.3, -0.25) is 15.4 Å². The normalized spacial score (nSPS) is 13.1. The quantitative estimate of drug-likeness (QED) is 0.0707. The van der Waals surface area contributed by atoms with Gasteiger partial charge in [0.1, 0.15) is 6.26 Å². The fourth-order valence-corrected chi connectivity index (χ4v) is 7.05. The predicted octanol–water partition coefficient (Wildman–Crippen LogP) is 10.5. The number of aryl methyl sites for hydroxylation is 1. The molecule has 0 bridgehead atoms. The number of aliphatic hydroxyl groups is 1. The topological polar surface area (TPSA) is 96.0 Å². The first kappa shape index (κ1) is 32.7. The van der Waals surface area contributed by atoms with Gasteiger partial charge in [-0.2, -0.15) is 0 Å². The Morgan fingerprint density at radius 2 is 1.27 bits per heavy atom. The van der Waals surface area contributed by atoms with Gasteiger partial charge < -0.3 is 15.7 Å². The van der Waals surface area contributed by atoms with Gasteiger partial charge >= 0.3 is 0 Å². The van der Waals surface area contributed by atoms with Crippen molar-refractivity contribution in [1.82, 2.24) is 15.6 Å². The summed E-state index contributed by atoms with van der Waals surface area (Å²) in [6.45, 7) is 7.14. The number of nitrogens with one attached hydrogen (secondary N) is 1. The Labute approximate surface area is 296 Å². The molecule has 1 aliphatic heterocycles. The zero-order chi connectivity index (χ0) is 35.3. The lowest BCUT2D eigenvalue weighted by molar-refractivity contribution is -0.0779. The van der Waals surface area contributed by atoms with Crippen molar-refractivity contribution < 1.29 is 9.94 Å². The number of rotatable bonds is 6. The van der Waals surface area contributed by atoms with Gasteiger partial charge in [0.15, 0.2) is 0 Å². The van der Waals surface area contributed by atoms with E-state index in [0.29, 0.717) is 0 Å². The van der Waals surface area contributed by atoms with E-state index in [1.165, 1.54) is 55.2 Å². The lowest BCUT2D eigenvalue weighted by Gasteiger charge is -2.23. The number of pyridine rings is 1. The number of hydrazine groups is 1. The summed E-state index contributed by atoms with van der Waals surface area (Å²) in [5.41, 5.74) is 18.3. The van der Waals surface area contributed by atoms with Crippen molar-refractivity contribution in [2.24, 2.45) is 10.7 Å². The van der Waals surface area contributed by atoms with Gasteiger partial charge in [0.05, 0.1) is 24.4 Å². The third-order valence-corrected chi connectivity index (χ3v) is 9.03. The Morgan fingerprint density at radius 1 is 0.784 bits per heavy atom. The Balaban J connectivity index is 0.000000761. The van der Waals surface area contributed by atoms with E-state index in [1.54, 1.807) is 23.8 Å². The lowest BCUT2D eigenvalue weighted by Crippen LogP contribution is -2.26. The molecule has 0 aliphatic carbocycles. The molecule has 0 spiro atoms. The first-order valence-electron chi connectivity index (χ1n) is 16.6. The number of nitrogens with two attached hydrogens (primary N) is 1. The minimum atomic E-state index is 0.826. The van der Waals surface area contributed by atoms with Crippen molar-refractivity contribution in [1.29, 1.82) is 0 Å². The van der Waals surface area contributed by atoms with E-state index >= 15 is 0 Å². The average molecular weight is 668 g/mol. The summed E-state index contributed by atoms with van der Waals surface area (Å²) in [5, 5.41) is 18.8. The molecule has 6 aromatic carbocycles. The molecule has 0 saturated carbocycles. The highest BCUT2D eigenvalue weighted by Gasteiger charge is 2.23. The molecule has 0 atom stereocenters. The number of aliphatic hydroxyl groups excluding tert-OH is 1. The van der Waals surface area contributed by atoms with Crippen LogP contribution in [0.15, 0.2) is 163 Å². The van der Waals surface area contributed by atoms with E-state index < -0.39 is 0 Å². The molecular formula is C44H37N5O2. The summed E-state index contributed by atoms with van der Waals surface area (Å²) in [7, 11) is 0. The predicted molar refractivity (Wildman–Crippen MR) is 212 cm³/mol. The molecule has 2 heterocycles. The number of nitrogens with zero attached hydrogens (tertiary/aromatic N) is 3. The van der Waals surface area contributed by atoms with Crippen LogP contribution < -0.4 is 11.2 Å². The first-order valence-corrected chi connectivity index (χ1v) is 16.6. The van der Waals surface area contributed by atoms with E-state index in [4.69, 9.17) is 15.7 Å². The molecule has 7 heteroatoms. The Hall–Kier alpha value is -6.86. The van der Waals surface area contributed by atoms with Crippen LogP contribution in [0.1, 0.15) is 18.1 Å². The minimum absolute atomic E-state index is 0.826. The maximum Gasteiger partial charge on any atom is 0.139 e. The maximum absolute atomic E-state index is 7.75. The van der Waals surface area contributed by atoms with Gasteiger partial charge in [-0.25, -0.2) is 0 Å². The number of aromatic nitrogens is 1. The minimum Gasteiger partial charge on any atom is -0.514 e. The second kappa shape index (κ2) is 14.3. The Bertz CT molecular complexity index is 2440. The summed E-state index contributed by atoms with van der Waals surface area (Å²) in [6.07, 6.45) is 13.0. The molecule has 8 rings (SSSR count). The van der Waals surface area contributed by atoms with E-state index in [0.717, 1.165) is 45.0 Å². The molecule has 0 amide bonds. The fourth-order valence-electron chi connectivity index (χ4n) is 7.05. The van der Waals surface area contributed by atoms with Crippen LogP contribution in [0.5, 0.6) is 0 Å². The molecule has 4 N–H and O–H groups in total. The van der Waals surface area contributed by atoms with Crippen LogP contribution in [-0.4, -0.2) is 22.0 Å². The molecule has 1 aliphatic rings. The van der Waals surface area contributed by atoms with Crippen molar-refractivity contribution in [2.75, 3.05) is 0 Å². The Kier molecular flexibility index (Phi) is 9.18. The lowest BCUT2D eigenvalue weighted by atomic mass is 9.81. The summed E-state index contributed by atoms with van der Waals surface area (Å²) in [5.74, 6) is 0. The SMILES string of the molecule is C/C(=C\C(=C/N)c1c2ccccc2c(-c2c3ccccc3c(-c3cncc(C)c3)c3ccccc23)c2ccccc12)N1NC=CO1.C=N/C=C\O. The van der Waals surface area contributed by atoms with E-state index in [-0.39, 0.29) is 0 Å². The van der Waals surface area contributed by atoms with Crippen LogP contribution in [0.2, 0.25) is 0 Å². The van der Waals surface area contributed by atoms with Gasteiger partial charge in [-0.1, -0.05) is 97.1 Å². The molecule has 1 aromatic heterocycles. The number of benzene rings is 6. The van der Waals surface area contributed by atoms with Crippen molar-refractivity contribution in [3.63, 3.8) is 0 Å². The number of hydrogen-bond acceptors (Lipinski definition) is 7. The maximum atomic E-state index is 7.75. The van der Waals surface area contributed by atoms with Crippen LogP contribution in [0.4, 0.5) is 0 Å². The average Bonchev–Trinajstić information content (AvgIpc) is 3.72. The van der Waals surface area contributed by atoms with Gasteiger partial charge in [-0.05, 0) is 104 Å². The number of hydroxylamine groups is 1. The van der Waals surface area contributed by atoms with Crippen molar-refractivity contribution in [3.8, 4) is 22.3 Å². The standard InChI is InChI=1S/C41H32N4O.C3H5NO/c1-26-21-29(25-43-24-26)39-32-13-5-9-17-36(32)41(37-18-10-6-14-33(37)39)40-34-15-7-3-11-30(34)38(31-12-4-8-16-35(31)40)28(23-42)22-27(2)45-44-19-20-46-45;1-4-2-3-5/h3-25,44H,42H2,1-2H3;2-3,5H,1H2/b27-22+,28-23+;3-2-. The largest absolute Gasteiger partial charge is 0.514 e. The van der Waals surface area contributed by atoms with Crippen LogP contribution in [0, 0.1) is 6.92 Å². The highest BCUT2D eigenvalue weighted by atomic mass is 16.7. The van der Waals surface area contributed by atoms with Crippen molar-refractivity contribution in [3.05, 3.63) is 170 Å². The van der Waals surface area contributed by atoms with E-state index in [1.807, 2.05) is 19.3 Å². The van der Waals surface area contributed by atoms with Gasteiger partial charge in [-0.15, -0.1) is 5.17 Å². The van der Waals surface area contributed by atoms with Gasteiger partial charge in [0.25, 0.3) is 0 Å². The smallest absolute Gasteiger partial charge is 0.139 e. The van der Waals surface area contributed by atoms with Crippen LogP contribution in [0.25, 0.3) is 70.9 Å². The van der Waals surface area contributed by atoms with Crippen LogP contribution in [0.3, 0.4) is 0 Å². The summed E-state index contributed by atoms with van der Waals surface area (Å²) in [4.78, 5) is 13.3.